The van der Waals surface area contributed by atoms with E-state index < -0.39 is 6.04 Å². The highest BCUT2D eigenvalue weighted by Gasteiger charge is 2.17. The molecular weight excluding hydrogens is 368 g/mol. The van der Waals surface area contributed by atoms with Gasteiger partial charge in [-0.05, 0) is 37.5 Å². The maximum Gasteiger partial charge on any atom is 0.243 e. The van der Waals surface area contributed by atoms with Crippen molar-refractivity contribution in [3.63, 3.8) is 0 Å². The summed E-state index contributed by atoms with van der Waals surface area (Å²) in [6.45, 7) is 8.83. The minimum atomic E-state index is -0.634. The Hall–Kier alpha value is -2.12. The number of benzene rings is 1. The molecule has 1 aromatic rings. The smallest absolute Gasteiger partial charge is 0.243 e. The van der Waals surface area contributed by atoms with E-state index in [1.807, 2.05) is 39.8 Å². The van der Waals surface area contributed by atoms with Crippen molar-refractivity contribution in [1.29, 1.82) is 0 Å². The van der Waals surface area contributed by atoms with E-state index in [-0.39, 0.29) is 42.6 Å². The molecule has 0 spiro atoms. The highest BCUT2D eigenvalue weighted by Crippen LogP contribution is 2.11. The first-order valence-corrected chi connectivity index (χ1v) is 8.98. The molecule has 0 saturated heterocycles. The largest absolute Gasteiger partial charge is 0.346 e. The minimum absolute atomic E-state index is 0. The average Bonchev–Trinajstić information content (AvgIpc) is 2.61. The molecule has 0 radical (unpaired) electrons. The number of nitrogens with one attached hydrogen (secondary N) is 2. The van der Waals surface area contributed by atoms with Crippen LogP contribution in [0.2, 0.25) is 0 Å². The molecule has 0 aliphatic heterocycles. The molecule has 3 amide bonds. The maximum atomic E-state index is 12.1. The molecule has 1 atom stereocenters. The summed E-state index contributed by atoms with van der Waals surface area (Å²) >= 11 is 0. The van der Waals surface area contributed by atoms with Crippen molar-refractivity contribution in [3.05, 3.63) is 29.8 Å². The second-order valence-corrected chi connectivity index (χ2v) is 6.48. The summed E-state index contributed by atoms with van der Waals surface area (Å²) < 4.78 is 0. The van der Waals surface area contributed by atoms with Crippen LogP contribution in [0.3, 0.4) is 0 Å². The van der Waals surface area contributed by atoms with Gasteiger partial charge in [0.15, 0.2) is 0 Å². The minimum Gasteiger partial charge on any atom is -0.346 e. The molecule has 27 heavy (non-hydrogen) atoms. The van der Waals surface area contributed by atoms with Crippen molar-refractivity contribution in [2.24, 2.45) is 11.7 Å². The number of hydrogen-bond donors (Lipinski definition) is 3. The molecule has 0 saturated carbocycles. The van der Waals surface area contributed by atoms with Crippen molar-refractivity contribution in [1.82, 2.24) is 10.2 Å². The van der Waals surface area contributed by atoms with Crippen LogP contribution < -0.4 is 16.4 Å². The van der Waals surface area contributed by atoms with E-state index in [2.05, 4.69) is 10.6 Å². The number of anilines is 1. The second kappa shape index (κ2) is 12.3. The molecule has 0 aliphatic rings. The Morgan fingerprint density at radius 2 is 1.63 bits per heavy atom. The lowest BCUT2D eigenvalue weighted by Gasteiger charge is -2.18. The molecular formula is C19H31ClN4O3. The van der Waals surface area contributed by atoms with Crippen LogP contribution in [0.25, 0.3) is 0 Å². The molecule has 0 fully saturated rings. The van der Waals surface area contributed by atoms with Crippen LogP contribution >= 0.6 is 12.4 Å². The molecule has 7 nitrogen and oxygen atoms in total. The summed E-state index contributed by atoms with van der Waals surface area (Å²) in [7, 11) is 0. The Bertz CT molecular complexity index is 616. The Labute approximate surface area is 167 Å². The zero-order valence-electron chi connectivity index (χ0n) is 16.5. The van der Waals surface area contributed by atoms with Crippen molar-refractivity contribution >= 4 is 35.8 Å². The topological polar surface area (TPSA) is 105 Å². The van der Waals surface area contributed by atoms with Crippen LogP contribution in [0.15, 0.2) is 24.3 Å². The van der Waals surface area contributed by atoms with Crippen molar-refractivity contribution < 1.29 is 14.4 Å². The summed E-state index contributed by atoms with van der Waals surface area (Å²) in [6, 6.07) is 6.47. The lowest BCUT2D eigenvalue weighted by atomic mass is 10.1. The van der Waals surface area contributed by atoms with Gasteiger partial charge in [0.25, 0.3) is 0 Å². The van der Waals surface area contributed by atoms with E-state index in [0.29, 0.717) is 25.2 Å². The molecule has 0 unspecified atom stereocenters. The van der Waals surface area contributed by atoms with Crippen LogP contribution in [-0.4, -0.2) is 48.3 Å². The molecule has 1 aromatic carbocycles. The quantitative estimate of drug-likeness (QED) is 0.587. The van der Waals surface area contributed by atoms with Gasteiger partial charge in [-0.25, -0.2) is 0 Å². The lowest BCUT2D eigenvalue weighted by Crippen LogP contribution is -2.46. The second-order valence-electron chi connectivity index (χ2n) is 6.48. The van der Waals surface area contributed by atoms with E-state index in [9.17, 15) is 14.4 Å². The van der Waals surface area contributed by atoms with Crippen LogP contribution in [0.5, 0.6) is 0 Å². The van der Waals surface area contributed by atoms with Gasteiger partial charge in [-0.3, -0.25) is 14.4 Å². The normalized spacial score (nSPS) is 11.3. The molecule has 0 aromatic heterocycles. The number of carbonyl (C=O) groups excluding carboxylic acids is 3. The van der Waals surface area contributed by atoms with E-state index in [4.69, 9.17) is 5.73 Å². The molecule has 0 aliphatic carbocycles. The zero-order chi connectivity index (χ0) is 19.7. The molecule has 1 rings (SSSR count). The van der Waals surface area contributed by atoms with Crippen LogP contribution in [0.4, 0.5) is 5.69 Å². The van der Waals surface area contributed by atoms with Gasteiger partial charge < -0.3 is 21.3 Å². The van der Waals surface area contributed by atoms with Gasteiger partial charge in [0.05, 0.1) is 19.0 Å². The number of nitrogens with zero attached hydrogens (tertiary/aromatic N) is 1. The first kappa shape index (κ1) is 24.9. The third-order valence-electron chi connectivity index (χ3n) is 4.15. The van der Waals surface area contributed by atoms with Gasteiger partial charge in [0.2, 0.25) is 17.7 Å². The van der Waals surface area contributed by atoms with Gasteiger partial charge in [-0.1, -0.05) is 26.0 Å². The van der Waals surface area contributed by atoms with Crippen molar-refractivity contribution in [2.75, 3.05) is 25.0 Å². The number of nitrogens with two attached hydrogens (primary N) is 1. The van der Waals surface area contributed by atoms with Crippen LogP contribution in [0, 0.1) is 5.92 Å². The lowest BCUT2D eigenvalue weighted by molar-refractivity contribution is -0.130. The fourth-order valence-electron chi connectivity index (χ4n) is 2.36. The number of halogens is 1. The number of likely N-dealkylation sites (N-methyl/N-ethyl adjacent to an activating group) is 1. The fourth-order valence-corrected chi connectivity index (χ4v) is 2.36. The van der Waals surface area contributed by atoms with E-state index in [0.717, 1.165) is 5.56 Å². The Morgan fingerprint density at radius 1 is 1.07 bits per heavy atom. The SMILES string of the molecule is CCN(CC)C(=O)Cc1ccc(NC(=O)CNC(=O)[C@@H](N)C(C)C)cc1.Cl. The number of hydrogen-bond acceptors (Lipinski definition) is 4. The van der Waals surface area contributed by atoms with Gasteiger partial charge in [0, 0.05) is 18.8 Å². The summed E-state index contributed by atoms with van der Waals surface area (Å²) in [5.74, 6) is -0.595. The molecule has 152 valence electrons. The Kier molecular flexibility index (Phi) is 11.3. The third kappa shape index (κ3) is 8.41. The van der Waals surface area contributed by atoms with E-state index in [1.54, 1.807) is 17.0 Å². The summed E-state index contributed by atoms with van der Waals surface area (Å²) in [4.78, 5) is 37.5. The Balaban J connectivity index is 0.00000676. The molecule has 0 bridgehead atoms. The fraction of sp³-hybridized carbons (Fsp3) is 0.526. The molecule has 0 heterocycles. The highest BCUT2D eigenvalue weighted by molar-refractivity contribution is 5.95. The first-order chi connectivity index (χ1) is 12.3. The number of carbonyl (C=O) groups is 3. The number of amides is 3. The van der Waals surface area contributed by atoms with E-state index in [1.165, 1.54) is 0 Å². The molecule has 4 N–H and O–H groups in total. The van der Waals surface area contributed by atoms with Gasteiger partial charge in [0.1, 0.15) is 0 Å². The predicted molar refractivity (Wildman–Crippen MR) is 110 cm³/mol. The van der Waals surface area contributed by atoms with Crippen LogP contribution in [-0.2, 0) is 20.8 Å². The van der Waals surface area contributed by atoms with Gasteiger partial charge in [-0.15, -0.1) is 12.4 Å². The standard InChI is InChI=1S/C19H30N4O3.ClH/c1-5-23(6-2)17(25)11-14-7-9-15(10-8-14)22-16(24)12-21-19(26)18(20)13(3)4;/h7-10,13,18H,5-6,11-12,20H2,1-4H3,(H,21,26)(H,22,24);1H/t18-;/m0./s1. The maximum absolute atomic E-state index is 12.1. The van der Waals surface area contributed by atoms with Crippen molar-refractivity contribution in [3.8, 4) is 0 Å². The highest BCUT2D eigenvalue weighted by atomic mass is 35.5. The van der Waals surface area contributed by atoms with Gasteiger partial charge >= 0.3 is 0 Å². The molecule has 8 heteroatoms. The summed E-state index contributed by atoms with van der Waals surface area (Å²) in [5, 5.41) is 5.22. The third-order valence-corrected chi connectivity index (χ3v) is 4.15. The van der Waals surface area contributed by atoms with Gasteiger partial charge in [-0.2, -0.15) is 0 Å². The zero-order valence-corrected chi connectivity index (χ0v) is 17.3. The average molecular weight is 399 g/mol. The summed E-state index contributed by atoms with van der Waals surface area (Å²) in [5.41, 5.74) is 7.21. The first-order valence-electron chi connectivity index (χ1n) is 8.98. The summed E-state index contributed by atoms with van der Waals surface area (Å²) in [6.07, 6.45) is 0.332. The van der Waals surface area contributed by atoms with Crippen molar-refractivity contribution in [2.45, 2.75) is 40.2 Å². The predicted octanol–water partition coefficient (Wildman–Crippen LogP) is 1.56. The monoisotopic (exact) mass is 398 g/mol. The van der Waals surface area contributed by atoms with Crippen LogP contribution in [0.1, 0.15) is 33.3 Å². The van der Waals surface area contributed by atoms with E-state index >= 15 is 0 Å². The number of rotatable bonds is 9. The Morgan fingerprint density at radius 3 is 2.11 bits per heavy atom.